The Morgan fingerprint density at radius 2 is 1.78 bits per heavy atom. The topological polar surface area (TPSA) is 97.6 Å². The van der Waals surface area contributed by atoms with Gasteiger partial charge in [-0.05, 0) is 42.2 Å². The van der Waals surface area contributed by atoms with Crippen molar-refractivity contribution in [3.05, 3.63) is 65.1 Å². The lowest BCUT2D eigenvalue weighted by molar-refractivity contribution is -0.128. The van der Waals surface area contributed by atoms with Gasteiger partial charge in [0.1, 0.15) is 11.5 Å². The van der Waals surface area contributed by atoms with Crippen LogP contribution >= 0.6 is 0 Å². The highest BCUT2D eigenvalue weighted by Gasteiger charge is 2.37. The van der Waals surface area contributed by atoms with Crippen LogP contribution in [0.25, 0.3) is 10.8 Å². The molecule has 1 heterocycles. The molecule has 7 heteroatoms. The maximum atomic E-state index is 12.6. The van der Waals surface area contributed by atoms with E-state index in [0.717, 1.165) is 10.8 Å². The summed E-state index contributed by atoms with van der Waals surface area (Å²) in [6.45, 7) is 7.25. The SMILES string of the molecule is Cc1c(C(=O)NNC(=O)C(C)Oc2ccc3ccccc3c2)oc2c1C(=O)CC(C)(C)C2. The molecule has 1 aliphatic rings. The Hall–Kier alpha value is -3.61. The van der Waals surface area contributed by atoms with Gasteiger partial charge in [0.2, 0.25) is 0 Å². The highest BCUT2D eigenvalue weighted by Crippen LogP contribution is 2.38. The van der Waals surface area contributed by atoms with Gasteiger partial charge in [-0.3, -0.25) is 25.2 Å². The summed E-state index contributed by atoms with van der Waals surface area (Å²) in [6.07, 6.45) is 0.136. The Balaban J connectivity index is 1.39. The fourth-order valence-electron chi connectivity index (χ4n) is 4.07. The summed E-state index contributed by atoms with van der Waals surface area (Å²) in [4.78, 5) is 37.5. The molecular formula is C25H26N2O5. The van der Waals surface area contributed by atoms with E-state index in [4.69, 9.17) is 9.15 Å². The van der Waals surface area contributed by atoms with Gasteiger partial charge in [0, 0.05) is 18.4 Å². The first-order chi connectivity index (χ1) is 15.1. The third kappa shape index (κ3) is 4.23. The zero-order valence-electron chi connectivity index (χ0n) is 18.6. The molecule has 4 rings (SSSR count). The van der Waals surface area contributed by atoms with Gasteiger partial charge in [-0.1, -0.05) is 44.2 Å². The van der Waals surface area contributed by atoms with E-state index in [1.807, 2.05) is 50.2 Å². The Morgan fingerprint density at radius 1 is 1.06 bits per heavy atom. The van der Waals surface area contributed by atoms with Gasteiger partial charge in [0.05, 0.1) is 5.56 Å². The lowest BCUT2D eigenvalue weighted by atomic mass is 9.76. The van der Waals surface area contributed by atoms with Gasteiger partial charge in [0.25, 0.3) is 5.91 Å². The summed E-state index contributed by atoms with van der Waals surface area (Å²) in [5.41, 5.74) is 5.48. The smallest absolute Gasteiger partial charge is 0.305 e. The number of ketones is 1. The Bertz CT molecular complexity index is 1220. The number of hydrazine groups is 1. The molecule has 1 unspecified atom stereocenters. The Morgan fingerprint density at radius 3 is 2.53 bits per heavy atom. The number of amides is 2. The zero-order chi connectivity index (χ0) is 23.0. The van der Waals surface area contributed by atoms with Crippen LogP contribution in [0.1, 0.15) is 59.4 Å². The van der Waals surface area contributed by atoms with Crippen LogP contribution in [-0.2, 0) is 11.2 Å². The molecular weight excluding hydrogens is 408 g/mol. The number of carbonyl (C=O) groups is 3. The van der Waals surface area contributed by atoms with Crippen LogP contribution in [0.2, 0.25) is 0 Å². The number of benzene rings is 2. The summed E-state index contributed by atoms with van der Waals surface area (Å²) < 4.78 is 11.4. The minimum atomic E-state index is -0.843. The summed E-state index contributed by atoms with van der Waals surface area (Å²) in [7, 11) is 0. The number of carbonyl (C=O) groups excluding carboxylic acids is 3. The third-order valence-electron chi connectivity index (χ3n) is 5.69. The minimum absolute atomic E-state index is 0.0296. The molecule has 0 saturated heterocycles. The highest BCUT2D eigenvalue weighted by molar-refractivity contribution is 6.04. The van der Waals surface area contributed by atoms with Crippen molar-refractivity contribution in [2.45, 2.75) is 46.6 Å². The van der Waals surface area contributed by atoms with Gasteiger partial charge < -0.3 is 9.15 Å². The fraction of sp³-hybridized carbons (Fsp3) is 0.320. The molecule has 0 spiro atoms. The van der Waals surface area contributed by atoms with E-state index in [2.05, 4.69) is 10.9 Å². The monoisotopic (exact) mass is 434 g/mol. The van der Waals surface area contributed by atoms with Crippen molar-refractivity contribution in [3.63, 3.8) is 0 Å². The maximum absolute atomic E-state index is 12.6. The van der Waals surface area contributed by atoms with E-state index in [0.29, 0.717) is 35.5 Å². The van der Waals surface area contributed by atoms with Crippen LogP contribution in [0.4, 0.5) is 0 Å². The first-order valence-corrected chi connectivity index (χ1v) is 10.6. The van der Waals surface area contributed by atoms with Crippen LogP contribution in [0.3, 0.4) is 0 Å². The molecule has 0 saturated carbocycles. The average molecular weight is 434 g/mol. The predicted molar refractivity (Wildman–Crippen MR) is 120 cm³/mol. The van der Waals surface area contributed by atoms with Crippen molar-refractivity contribution in [3.8, 4) is 5.75 Å². The van der Waals surface area contributed by atoms with E-state index in [9.17, 15) is 14.4 Å². The summed E-state index contributed by atoms with van der Waals surface area (Å²) in [5.74, 6) is -0.0597. The van der Waals surface area contributed by atoms with Crippen molar-refractivity contribution in [2.24, 2.45) is 5.41 Å². The number of Topliss-reactive ketones (excluding diaryl/α,β-unsaturated/α-hetero) is 1. The first kappa shape index (κ1) is 21.6. The van der Waals surface area contributed by atoms with Crippen molar-refractivity contribution >= 4 is 28.4 Å². The summed E-state index contributed by atoms with van der Waals surface area (Å²) in [5, 5.41) is 2.07. The van der Waals surface area contributed by atoms with E-state index < -0.39 is 17.9 Å². The lowest BCUT2D eigenvalue weighted by Crippen LogP contribution is -2.47. The van der Waals surface area contributed by atoms with Gasteiger partial charge >= 0.3 is 5.91 Å². The fourth-order valence-corrected chi connectivity index (χ4v) is 4.07. The second kappa shape index (κ2) is 8.15. The molecule has 2 amide bonds. The number of rotatable bonds is 4. The Kier molecular flexibility index (Phi) is 5.50. The second-order valence-electron chi connectivity index (χ2n) is 9.01. The molecule has 0 fully saturated rings. The molecule has 7 nitrogen and oxygen atoms in total. The Labute approximate surface area is 186 Å². The van der Waals surface area contributed by atoms with Gasteiger partial charge in [-0.2, -0.15) is 0 Å². The summed E-state index contributed by atoms with van der Waals surface area (Å²) in [6, 6.07) is 13.4. The summed E-state index contributed by atoms with van der Waals surface area (Å²) >= 11 is 0. The van der Waals surface area contributed by atoms with Gasteiger partial charge in [0.15, 0.2) is 17.6 Å². The van der Waals surface area contributed by atoms with Crippen molar-refractivity contribution < 1.29 is 23.5 Å². The molecule has 166 valence electrons. The van der Waals surface area contributed by atoms with E-state index >= 15 is 0 Å². The van der Waals surface area contributed by atoms with Crippen LogP contribution < -0.4 is 15.6 Å². The van der Waals surface area contributed by atoms with E-state index in [1.54, 1.807) is 19.9 Å². The standard InChI is InChI=1S/C25H26N2O5/c1-14-21-19(28)12-25(3,4)13-20(21)32-22(14)24(30)27-26-23(29)15(2)31-18-10-9-16-7-5-6-8-17(16)11-18/h5-11,15H,12-13H2,1-4H3,(H,26,29)(H,27,30). The number of furan rings is 1. The van der Waals surface area contributed by atoms with Crippen molar-refractivity contribution in [1.29, 1.82) is 0 Å². The average Bonchev–Trinajstić information content (AvgIpc) is 3.06. The minimum Gasteiger partial charge on any atom is -0.481 e. The molecule has 2 aromatic carbocycles. The molecule has 3 aromatic rings. The van der Waals surface area contributed by atoms with Crippen LogP contribution in [-0.4, -0.2) is 23.7 Å². The normalized spacial score (nSPS) is 15.7. The van der Waals surface area contributed by atoms with Crippen LogP contribution in [0.5, 0.6) is 5.75 Å². The van der Waals surface area contributed by atoms with Gasteiger partial charge in [-0.25, -0.2) is 0 Å². The maximum Gasteiger partial charge on any atom is 0.305 e. The molecule has 0 aliphatic heterocycles. The van der Waals surface area contributed by atoms with Crippen LogP contribution in [0.15, 0.2) is 46.9 Å². The predicted octanol–water partition coefficient (Wildman–Crippen LogP) is 4.12. The van der Waals surface area contributed by atoms with Crippen molar-refractivity contribution in [1.82, 2.24) is 10.9 Å². The molecule has 0 radical (unpaired) electrons. The molecule has 32 heavy (non-hydrogen) atoms. The first-order valence-electron chi connectivity index (χ1n) is 10.6. The number of nitrogens with one attached hydrogen (secondary N) is 2. The van der Waals surface area contributed by atoms with Crippen molar-refractivity contribution in [2.75, 3.05) is 0 Å². The molecule has 1 aromatic heterocycles. The van der Waals surface area contributed by atoms with E-state index in [1.165, 1.54) is 0 Å². The lowest BCUT2D eigenvalue weighted by Gasteiger charge is -2.27. The molecule has 1 atom stereocenters. The zero-order valence-corrected chi connectivity index (χ0v) is 18.6. The van der Waals surface area contributed by atoms with Gasteiger partial charge in [-0.15, -0.1) is 0 Å². The molecule has 1 aliphatic carbocycles. The highest BCUT2D eigenvalue weighted by atomic mass is 16.5. The quantitative estimate of drug-likeness (QED) is 0.602. The molecule has 0 bridgehead atoms. The second-order valence-corrected chi connectivity index (χ2v) is 9.01. The van der Waals surface area contributed by atoms with Crippen LogP contribution in [0, 0.1) is 12.3 Å². The number of fused-ring (bicyclic) bond motifs is 2. The third-order valence-corrected chi connectivity index (χ3v) is 5.69. The number of hydrogen-bond donors (Lipinski definition) is 2. The van der Waals surface area contributed by atoms with E-state index in [-0.39, 0.29) is 17.0 Å². The number of hydrogen-bond acceptors (Lipinski definition) is 5. The largest absolute Gasteiger partial charge is 0.481 e. The number of ether oxygens (including phenoxy) is 1. The molecule has 2 N–H and O–H groups in total.